The minimum absolute atomic E-state index is 0.410. The third kappa shape index (κ3) is 9.64. The van der Waals surface area contributed by atoms with Gasteiger partial charge in [-0.3, -0.25) is 0 Å². The summed E-state index contributed by atoms with van der Waals surface area (Å²) in [6.45, 7) is 10.2. The van der Waals surface area contributed by atoms with Crippen LogP contribution in [0.25, 0.3) is 0 Å². The zero-order valence-corrected chi connectivity index (χ0v) is 14.3. The van der Waals surface area contributed by atoms with Crippen LogP contribution in [-0.4, -0.2) is 44.0 Å². The molecule has 0 aliphatic heterocycles. The van der Waals surface area contributed by atoms with Gasteiger partial charge < -0.3 is 9.80 Å². The molecule has 0 aromatic carbocycles. The highest BCUT2D eigenvalue weighted by atomic mass is 15.1. The maximum absolute atomic E-state index is 8.92. The van der Waals surface area contributed by atoms with Crippen LogP contribution in [0, 0.1) is 40.5 Å². The minimum atomic E-state index is 0.410. The molecule has 4 nitrogen and oxygen atoms in total. The van der Waals surface area contributed by atoms with Gasteiger partial charge in [-0.2, -0.15) is 10.5 Å². The van der Waals surface area contributed by atoms with Crippen LogP contribution in [0.3, 0.4) is 0 Å². The smallest absolute Gasteiger partial charge is 0.179 e. The fraction of sp³-hybridized carbons (Fsp3) is 0.875. The summed E-state index contributed by atoms with van der Waals surface area (Å²) < 4.78 is 0. The summed E-state index contributed by atoms with van der Waals surface area (Å²) in [5.74, 6) is 1.44. The average Bonchev–Trinajstić information content (AvgIpc) is 2.44. The Hall–Kier alpha value is -1.26. The zero-order chi connectivity index (χ0) is 16.1. The van der Waals surface area contributed by atoms with Crippen molar-refractivity contribution in [2.24, 2.45) is 17.8 Å². The van der Waals surface area contributed by atoms with Gasteiger partial charge in [0, 0.05) is 26.6 Å². The first-order valence-electron chi connectivity index (χ1n) is 7.54. The Bertz CT molecular complexity index is 301. The van der Waals surface area contributed by atoms with Gasteiger partial charge in [0.05, 0.1) is 6.07 Å². The summed E-state index contributed by atoms with van der Waals surface area (Å²) in [5.41, 5.74) is 0. The molecule has 0 aliphatic carbocycles. The Morgan fingerprint density at radius 2 is 1.60 bits per heavy atom. The number of nitrogens with zero attached hydrogens (tertiary/aromatic N) is 4. The van der Waals surface area contributed by atoms with Gasteiger partial charge in [-0.15, -0.1) is 0 Å². The van der Waals surface area contributed by atoms with E-state index < -0.39 is 0 Å². The van der Waals surface area contributed by atoms with E-state index >= 15 is 0 Å². The van der Waals surface area contributed by atoms with Crippen molar-refractivity contribution in [2.75, 3.05) is 34.2 Å². The molecule has 0 spiro atoms. The second-order valence-corrected chi connectivity index (χ2v) is 5.53. The molecule has 0 radical (unpaired) electrons. The normalized spacial score (nSPS) is 14.3. The number of hydrogen-bond acceptors (Lipinski definition) is 4. The summed E-state index contributed by atoms with van der Waals surface area (Å²) in [4.78, 5) is 3.81. The fourth-order valence-electron chi connectivity index (χ4n) is 2.18. The maximum atomic E-state index is 8.92. The second kappa shape index (κ2) is 12.8. The predicted molar refractivity (Wildman–Crippen MR) is 84.8 cm³/mol. The van der Waals surface area contributed by atoms with Crippen LogP contribution in [0.15, 0.2) is 0 Å². The summed E-state index contributed by atoms with van der Waals surface area (Å²) in [5, 5.41) is 17.6. The molecule has 0 N–H and O–H groups in total. The van der Waals surface area contributed by atoms with Crippen molar-refractivity contribution < 1.29 is 0 Å². The maximum Gasteiger partial charge on any atom is 0.179 e. The number of rotatable bonds is 8. The van der Waals surface area contributed by atoms with Gasteiger partial charge in [-0.25, -0.2) is 0 Å². The van der Waals surface area contributed by atoms with E-state index in [9.17, 15) is 0 Å². The van der Waals surface area contributed by atoms with E-state index in [1.807, 2.05) is 35.0 Å². The van der Waals surface area contributed by atoms with E-state index in [0.717, 1.165) is 19.5 Å². The Balaban J connectivity index is 0. The Labute approximate surface area is 126 Å². The van der Waals surface area contributed by atoms with E-state index in [-0.39, 0.29) is 0 Å². The zero-order valence-electron chi connectivity index (χ0n) is 14.3. The molecule has 0 aromatic rings. The first-order valence-corrected chi connectivity index (χ1v) is 7.54. The monoisotopic (exact) mass is 280 g/mol. The molecular formula is C16H32N4. The van der Waals surface area contributed by atoms with Gasteiger partial charge in [0.25, 0.3) is 0 Å². The lowest BCUT2D eigenvalue weighted by atomic mass is 9.80. The quantitative estimate of drug-likeness (QED) is 0.506. The molecule has 0 bridgehead atoms. The van der Waals surface area contributed by atoms with Crippen molar-refractivity contribution >= 4 is 0 Å². The first kappa shape index (κ1) is 21.0. The van der Waals surface area contributed by atoms with E-state index in [1.54, 1.807) is 4.90 Å². The molecule has 3 unspecified atom stereocenters. The molecule has 0 heterocycles. The highest BCUT2D eigenvalue weighted by Crippen LogP contribution is 2.26. The number of hydrogen-bond donors (Lipinski definition) is 0. The molecule has 0 saturated heterocycles. The van der Waals surface area contributed by atoms with Crippen LogP contribution in [0.1, 0.15) is 40.5 Å². The van der Waals surface area contributed by atoms with Crippen LogP contribution in [0.2, 0.25) is 0 Å². The van der Waals surface area contributed by atoms with Gasteiger partial charge in [0.15, 0.2) is 6.19 Å². The second-order valence-electron chi connectivity index (χ2n) is 5.53. The summed E-state index contributed by atoms with van der Waals surface area (Å²) in [7, 11) is 5.90. The minimum Gasteiger partial charge on any atom is -0.314 e. The van der Waals surface area contributed by atoms with Crippen molar-refractivity contribution in [1.29, 1.82) is 10.5 Å². The Morgan fingerprint density at radius 1 is 1.05 bits per heavy atom. The lowest BCUT2D eigenvalue weighted by molar-refractivity contribution is 0.196. The molecule has 116 valence electrons. The molecule has 0 saturated carbocycles. The van der Waals surface area contributed by atoms with Crippen LogP contribution in [0.5, 0.6) is 0 Å². The van der Waals surface area contributed by atoms with E-state index in [4.69, 9.17) is 10.5 Å². The predicted octanol–water partition coefficient (Wildman–Crippen LogP) is 3.18. The third-order valence-corrected chi connectivity index (χ3v) is 3.68. The van der Waals surface area contributed by atoms with Crippen molar-refractivity contribution in [3.63, 3.8) is 0 Å². The van der Waals surface area contributed by atoms with Crippen molar-refractivity contribution in [3.8, 4) is 12.3 Å². The summed E-state index contributed by atoms with van der Waals surface area (Å²) >= 11 is 0. The third-order valence-electron chi connectivity index (χ3n) is 3.68. The van der Waals surface area contributed by atoms with Gasteiger partial charge in [-0.1, -0.05) is 27.7 Å². The van der Waals surface area contributed by atoms with Crippen LogP contribution < -0.4 is 0 Å². The van der Waals surface area contributed by atoms with Gasteiger partial charge in [-0.05, 0) is 38.3 Å². The lowest BCUT2D eigenvalue weighted by Crippen LogP contribution is -2.30. The van der Waals surface area contributed by atoms with Crippen molar-refractivity contribution in [3.05, 3.63) is 0 Å². The Morgan fingerprint density at radius 3 is 2.00 bits per heavy atom. The molecule has 0 rings (SSSR count). The van der Waals surface area contributed by atoms with Gasteiger partial charge in [0.1, 0.15) is 0 Å². The molecule has 0 aliphatic rings. The van der Waals surface area contributed by atoms with Crippen molar-refractivity contribution in [2.45, 2.75) is 40.5 Å². The summed E-state index contributed by atoms with van der Waals surface area (Å²) in [6, 6.07) is 2.30. The van der Waals surface area contributed by atoms with E-state index in [2.05, 4.69) is 31.0 Å². The van der Waals surface area contributed by atoms with Gasteiger partial charge >= 0.3 is 0 Å². The molecular weight excluding hydrogens is 248 g/mol. The molecule has 20 heavy (non-hydrogen) atoms. The van der Waals surface area contributed by atoms with Crippen LogP contribution in [-0.2, 0) is 0 Å². The standard InChI is InChI=1S/C14H26N4.C2H6/c1-12(7-9-18(5)11-16)13(2)14(6-8-15)10-17(3)4;1-2/h12-14H,6-7,9-10H2,1-5H3;1-2H3. The number of nitriles is 2. The average molecular weight is 280 g/mol. The molecule has 0 aromatic heterocycles. The topological polar surface area (TPSA) is 54.1 Å². The highest BCUT2D eigenvalue weighted by Gasteiger charge is 2.23. The molecule has 0 amide bonds. The van der Waals surface area contributed by atoms with Crippen molar-refractivity contribution in [1.82, 2.24) is 9.80 Å². The highest BCUT2D eigenvalue weighted by molar-refractivity contribution is 4.83. The largest absolute Gasteiger partial charge is 0.314 e. The van der Waals surface area contributed by atoms with Crippen LogP contribution in [0.4, 0.5) is 0 Å². The van der Waals surface area contributed by atoms with E-state index in [0.29, 0.717) is 24.2 Å². The molecule has 4 heteroatoms. The molecule has 3 atom stereocenters. The fourth-order valence-corrected chi connectivity index (χ4v) is 2.18. The Kier molecular flexibility index (Phi) is 13.4. The summed E-state index contributed by atoms with van der Waals surface area (Å²) in [6.07, 6.45) is 3.73. The van der Waals surface area contributed by atoms with E-state index in [1.165, 1.54) is 0 Å². The first-order chi connectivity index (χ1) is 9.42. The molecule has 0 fully saturated rings. The lowest BCUT2D eigenvalue weighted by Gasteiger charge is -2.30. The van der Waals surface area contributed by atoms with Crippen LogP contribution >= 0.6 is 0 Å². The van der Waals surface area contributed by atoms with Gasteiger partial charge in [0.2, 0.25) is 0 Å². The SMILES string of the molecule is CC.CC(CCN(C)C#N)C(C)C(CC#N)CN(C)C.